The van der Waals surface area contributed by atoms with Gasteiger partial charge in [0.05, 0.1) is 6.61 Å². The Labute approximate surface area is 153 Å². The fraction of sp³-hybridized carbons (Fsp3) is 0.824. The fourth-order valence-electron chi connectivity index (χ4n) is 1.99. The summed E-state index contributed by atoms with van der Waals surface area (Å²) in [6.07, 6.45) is -2.80. The van der Waals surface area contributed by atoms with Crippen LogP contribution in [-0.2, 0) is 23.9 Å². The summed E-state index contributed by atoms with van der Waals surface area (Å²) in [5, 5.41) is 4.76. The first-order valence-electron chi connectivity index (χ1n) is 11.5. The molecule has 138 valence electrons. The number of esters is 1. The molecule has 1 heterocycles. The average molecular weight is 349 g/mol. The van der Waals surface area contributed by atoms with Crippen LogP contribution in [0.2, 0.25) is 0 Å². The number of carbonyl (C=O) groups excluding carboxylic acids is 3. The van der Waals surface area contributed by atoms with Crippen LogP contribution in [-0.4, -0.2) is 49.2 Å². The standard InChI is InChI=1S/C17H30N2O5/c1-6-23-17(22)14-13(24-14)16(21)19-12(9-11(4)5)15(20)18-8-7-10(2)3/h10-14H,6-9H2,1-5H3,(H,18,20)(H,19,21)/i4D3,5D3,11D. The number of hydrogen-bond acceptors (Lipinski definition) is 5. The van der Waals surface area contributed by atoms with E-state index in [-0.39, 0.29) is 19.1 Å². The summed E-state index contributed by atoms with van der Waals surface area (Å²) in [6.45, 7) is -0.823. The van der Waals surface area contributed by atoms with Crippen LogP contribution in [0.4, 0.5) is 0 Å². The molecule has 0 radical (unpaired) electrons. The summed E-state index contributed by atoms with van der Waals surface area (Å²) < 4.78 is 63.1. The Balaban J connectivity index is 3.02. The van der Waals surface area contributed by atoms with Gasteiger partial charge in [-0.1, -0.05) is 27.6 Å². The van der Waals surface area contributed by atoms with E-state index < -0.39 is 62.1 Å². The molecule has 0 aromatic rings. The molecule has 2 N–H and O–H groups in total. The monoisotopic (exact) mass is 349 g/mol. The Morgan fingerprint density at radius 3 is 2.58 bits per heavy atom. The van der Waals surface area contributed by atoms with Crippen molar-refractivity contribution in [3.8, 4) is 0 Å². The second kappa shape index (κ2) is 9.61. The molecule has 0 aliphatic carbocycles. The molecule has 24 heavy (non-hydrogen) atoms. The maximum absolute atomic E-state index is 12.6. The fourth-order valence-corrected chi connectivity index (χ4v) is 1.99. The number of hydrogen-bond donors (Lipinski definition) is 2. The van der Waals surface area contributed by atoms with Gasteiger partial charge in [0.1, 0.15) is 6.04 Å². The highest BCUT2D eigenvalue weighted by molar-refractivity contribution is 5.95. The first kappa shape index (κ1) is 11.8. The zero-order valence-corrected chi connectivity index (χ0v) is 14.2. The molecule has 1 rings (SSSR count). The molecule has 0 saturated carbocycles. The summed E-state index contributed by atoms with van der Waals surface area (Å²) in [5.74, 6) is -5.26. The number of carbonyl (C=O) groups is 3. The van der Waals surface area contributed by atoms with Gasteiger partial charge in [-0.15, -0.1) is 0 Å². The Hall–Kier alpha value is -1.63. The maximum Gasteiger partial charge on any atom is 0.338 e. The minimum absolute atomic E-state index is 0.0758. The van der Waals surface area contributed by atoms with E-state index in [1.54, 1.807) is 6.92 Å². The van der Waals surface area contributed by atoms with Crippen LogP contribution in [0.5, 0.6) is 0 Å². The van der Waals surface area contributed by atoms with Gasteiger partial charge in [-0.05, 0) is 31.6 Å². The molecular weight excluding hydrogens is 312 g/mol. The second-order valence-electron chi connectivity index (χ2n) is 5.95. The van der Waals surface area contributed by atoms with Gasteiger partial charge < -0.3 is 20.1 Å². The van der Waals surface area contributed by atoms with Gasteiger partial charge in [-0.2, -0.15) is 0 Å². The zero-order valence-electron chi connectivity index (χ0n) is 21.2. The van der Waals surface area contributed by atoms with Crippen LogP contribution in [0, 0.1) is 11.8 Å². The largest absolute Gasteiger partial charge is 0.464 e. The van der Waals surface area contributed by atoms with Gasteiger partial charge in [-0.25, -0.2) is 4.79 Å². The van der Waals surface area contributed by atoms with E-state index in [4.69, 9.17) is 19.1 Å². The summed E-state index contributed by atoms with van der Waals surface area (Å²) >= 11 is 0. The average Bonchev–Trinajstić information content (AvgIpc) is 3.39. The Kier molecular flexibility index (Phi) is 4.74. The minimum atomic E-state index is -3.26. The van der Waals surface area contributed by atoms with Crippen LogP contribution in [0.3, 0.4) is 0 Å². The van der Waals surface area contributed by atoms with E-state index in [1.807, 2.05) is 13.8 Å². The molecule has 0 spiro atoms. The Morgan fingerprint density at radius 2 is 2.00 bits per heavy atom. The van der Waals surface area contributed by atoms with Gasteiger partial charge >= 0.3 is 5.97 Å². The number of nitrogens with one attached hydrogen (secondary N) is 2. The predicted molar refractivity (Wildman–Crippen MR) is 89.1 cm³/mol. The molecule has 3 unspecified atom stereocenters. The quantitative estimate of drug-likeness (QED) is 0.453. The maximum atomic E-state index is 12.6. The molecule has 2 amide bonds. The van der Waals surface area contributed by atoms with Crippen LogP contribution < -0.4 is 10.6 Å². The SMILES string of the molecule is [2H]C([2H])([2H])C([2H])(CC(NC(=O)C1OC1C(=O)OCC)C(=O)NCCC(C)C)C([2H])([2H])[2H]. The molecule has 7 nitrogen and oxygen atoms in total. The summed E-state index contributed by atoms with van der Waals surface area (Å²) in [7, 11) is 0. The normalized spacial score (nSPS) is 26.4. The van der Waals surface area contributed by atoms with E-state index in [2.05, 4.69) is 10.6 Å². The van der Waals surface area contributed by atoms with E-state index in [9.17, 15) is 14.4 Å². The molecule has 7 heteroatoms. The van der Waals surface area contributed by atoms with Crippen LogP contribution in [0.1, 0.15) is 56.9 Å². The van der Waals surface area contributed by atoms with Crippen LogP contribution >= 0.6 is 0 Å². The zero-order chi connectivity index (χ0) is 24.2. The lowest BCUT2D eigenvalue weighted by atomic mass is 10.0. The number of epoxide rings is 1. The third-order valence-electron chi connectivity index (χ3n) is 3.33. The lowest BCUT2D eigenvalue weighted by Gasteiger charge is -2.20. The van der Waals surface area contributed by atoms with Gasteiger partial charge in [0.2, 0.25) is 5.91 Å². The summed E-state index contributed by atoms with van der Waals surface area (Å²) in [6, 6.07) is -1.63. The van der Waals surface area contributed by atoms with Crippen molar-refractivity contribution in [2.75, 3.05) is 13.2 Å². The highest BCUT2D eigenvalue weighted by Gasteiger charge is 2.52. The molecule has 0 aromatic heterocycles. The van der Waals surface area contributed by atoms with Crippen molar-refractivity contribution in [3.05, 3.63) is 0 Å². The number of ether oxygens (including phenoxy) is 2. The number of amides is 2. The van der Waals surface area contributed by atoms with Crippen molar-refractivity contribution in [3.63, 3.8) is 0 Å². The molecule has 1 aliphatic rings. The van der Waals surface area contributed by atoms with E-state index in [1.165, 1.54) is 0 Å². The first-order valence-corrected chi connectivity index (χ1v) is 7.95. The molecule has 0 bridgehead atoms. The van der Waals surface area contributed by atoms with Gasteiger partial charge in [0.15, 0.2) is 12.2 Å². The minimum Gasteiger partial charge on any atom is -0.464 e. The van der Waals surface area contributed by atoms with Crippen molar-refractivity contribution in [2.45, 2.75) is 65.6 Å². The Bertz CT molecular complexity index is 652. The van der Waals surface area contributed by atoms with Gasteiger partial charge in [0.25, 0.3) is 5.91 Å². The van der Waals surface area contributed by atoms with Crippen molar-refractivity contribution in [1.82, 2.24) is 10.6 Å². The third-order valence-corrected chi connectivity index (χ3v) is 3.33. The van der Waals surface area contributed by atoms with E-state index in [0.717, 1.165) is 0 Å². The van der Waals surface area contributed by atoms with Crippen LogP contribution in [0.25, 0.3) is 0 Å². The summed E-state index contributed by atoms with van der Waals surface area (Å²) in [5.41, 5.74) is 0. The van der Waals surface area contributed by atoms with Crippen LogP contribution in [0.15, 0.2) is 0 Å². The summed E-state index contributed by atoms with van der Waals surface area (Å²) in [4.78, 5) is 36.7. The number of rotatable bonds is 10. The van der Waals surface area contributed by atoms with Crippen molar-refractivity contribution in [1.29, 1.82) is 0 Å². The van der Waals surface area contributed by atoms with Gasteiger partial charge in [0, 0.05) is 16.1 Å². The molecule has 3 atom stereocenters. The Morgan fingerprint density at radius 1 is 1.29 bits per heavy atom. The molecule has 1 aliphatic heterocycles. The first-order chi connectivity index (χ1) is 14.0. The molecule has 1 saturated heterocycles. The lowest BCUT2D eigenvalue weighted by molar-refractivity contribution is -0.144. The molecule has 1 fully saturated rings. The van der Waals surface area contributed by atoms with E-state index >= 15 is 0 Å². The van der Waals surface area contributed by atoms with Crippen molar-refractivity contribution >= 4 is 17.8 Å². The molecular formula is C17H30N2O5. The predicted octanol–water partition coefficient (Wildman–Crippen LogP) is 1.01. The topological polar surface area (TPSA) is 97.0 Å². The lowest BCUT2D eigenvalue weighted by Crippen LogP contribution is -2.49. The highest BCUT2D eigenvalue weighted by atomic mass is 16.6. The third kappa shape index (κ3) is 6.86. The van der Waals surface area contributed by atoms with Gasteiger partial charge in [-0.3, -0.25) is 9.59 Å². The second-order valence-corrected chi connectivity index (χ2v) is 5.95. The molecule has 0 aromatic carbocycles. The van der Waals surface area contributed by atoms with E-state index in [0.29, 0.717) is 6.42 Å². The smallest absolute Gasteiger partial charge is 0.338 e. The van der Waals surface area contributed by atoms with Crippen molar-refractivity contribution < 1.29 is 33.5 Å². The highest BCUT2D eigenvalue weighted by Crippen LogP contribution is 2.24. The van der Waals surface area contributed by atoms with Crippen molar-refractivity contribution in [2.24, 2.45) is 11.8 Å².